The molecule has 0 unspecified atom stereocenters. The molecule has 3 heterocycles. The van der Waals surface area contributed by atoms with Gasteiger partial charge in [-0.3, -0.25) is 14.6 Å². The summed E-state index contributed by atoms with van der Waals surface area (Å²) in [5, 5.41) is 9.98. The van der Waals surface area contributed by atoms with Crippen molar-refractivity contribution >= 4 is 17.5 Å². The van der Waals surface area contributed by atoms with E-state index < -0.39 is 0 Å². The fraction of sp³-hybridized carbons (Fsp3) is 0.429. The van der Waals surface area contributed by atoms with Gasteiger partial charge in [-0.15, -0.1) is 0 Å². The fourth-order valence-corrected chi connectivity index (χ4v) is 4.65. The molecule has 28 heavy (non-hydrogen) atoms. The summed E-state index contributed by atoms with van der Waals surface area (Å²) >= 11 is 0. The van der Waals surface area contributed by atoms with Crippen LogP contribution in [0.1, 0.15) is 41.2 Å². The minimum Gasteiger partial charge on any atom is -0.394 e. The van der Waals surface area contributed by atoms with Crippen LogP contribution in [0.4, 0.5) is 5.69 Å². The Hall–Kier alpha value is -2.80. The van der Waals surface area contributed by atoms with Crippen LogP contribution in [0.5, 0.6) is 0 Å². The number of nitrogens with zero attached hydrogens (tertiary/aromatic N) is 4. The van der Waals surface area contributed by atoms with Crippen LogP contribution < -0.4 is 4.90 Å². The van der Waals surface area contributed by atoms with Crippen molar-refractivity contribution in [2.75, 3.05) is 18.1 Å². The number of hydrogen-bond acceptors (Lipinski definition) is 5. The van der Waals surface area contributed by atoms with Crippen LogP contribution in [-0.4, -0.2) is 57.0 Å². The number of carbonyl (C=O) groups excluding carboxylic acids is 2. The summed E-state index contributed by atoms with van der Waals surface area (Å²) < 4.78 is 0. The van der Waals surface area contributed by atoms with Crippen LogP contribution in [0.25, 0.3) is 0 Å². The summed E-state index contributed by atoms with van der Waals surface area (Å²) in [6, 6.07) is 7.43. The van der Waals surface area contributed by atoms with E-state index in [1.54, 1.807) is 4.90 Å². The number of benzene rings is 1. The lowest BCUT2D eigenvalue weighted by Crippen LogP contribution is -2.70. The van der Waals surface area contributed by atoms with Gasteiger partial charge in [0.2, 0.25) is 5.91 Å². The highest BCUT2D eigenvalue weighted by atomic mass is 16.3. The first-order valence-electron chi connectivity index (χ1n) is 9.78. The van der Waals surface area contributed by atoms with Gasteiger partial charge in [0.1, 0.15) is 5.69 Å². The van der Waals surface area contributed by atoms with Crippen molar-refractivity contribution in [2.24, 2.45) is 5.92 Å². The minimum absolute atomic E-state index is 0.0512. The molecule has 2 amide bonds. The summed E-state index contributed by atoms with van der Waals surface area (Å²) in [5.74, 6) is 0.407. The number of carbonyl (C=O) groups is 2. The Morgan fingerprint density at radius 1 is 1.18 bits per heavy atom. The highest BCUT2D eigenvalue weighted by Crippen LogP contribution is 2.49. The molecule has 2 aromatic rings. The Morgan fingerprint density at radius 3 is 2.71 bits per heavy atom. The van der Waals surface area contributed by atoms with Crippen LogP contribution in [-0.2, 0) is 4.79 Å². The second kappa shape index (κ2) is 6.67. The monoisotopic (exact) mass is 378 g/mol. The first kappa shape index (κ1) is 17.3. The number of hydrogen-bond donors (Lipinski definition) is 1. The molecule has 144 valence electrons. The maximum atomic E-state index is 13.1. The number of anilines is 1. The lowest BCUT2D eigenvalue weighted by atomic mass is 9.71. The normalized spacial score (nSPS) is 25.5. The van der Waals surface area contributed by atoms with Gasteiger partial charge in [0.15, 0.2) is 0 Å². The average molecular weight is 378 g/mol. The van der Waals surface area contributed by atoms with E-state index in [9.17, 15) is 14.7 Å². The molecule has 1 aromatic heterocycles. The number of aliphatic hydroxyl groups excluding tert-OH is 1. The minimum atomic E-state index is -0.221. The summed E-state index contributed by atoms with van der Waals surface area (Å²) in [5.41, 5.74) is 2.11. The second-order valence-corrected chi connectivity index (χ2v) is 7.86. The van der Waals surface area contributed by atoms with Crippen molar-refractivity contribution < 1.29 is 14.7 Å². The molecule has 7 nitrogen and oxygen atoms in total. The van der Waals surface area contributed by atoms with E-state index in [1.165, 1.54) is 18.6 Å². The zero-order chi connectivity index (χ0) is 19.3. The van der Waals surface area contributed by atoms with Gasteiger partial charge in [-0.1, -0.05) is 18.2 Å². The third-order valence-electron chi connectivity index (χ3n) is 6.16. The van der Waals surface area contributed by atoms with Crippen LogP contribution in [0.3, 0.4) is 0 Å². The molecule has 1 saturated carbocycles. The van der Waals surface area contributed by atoms with E-state index in [0.29, 0.717) is 18.9 Å². The molecule has 1 N–H and O–H groups in total. The molecule has 3 atom stereocenters. The maximum absolute atomic E-state index is 13.1. The van der Waals surface area contributed by atoms with E-state index in [1.807, 2.05) is 29.2 Å². The smallest absolute Gasteiger partial charge is 0.278 e. The van der Waals surface area contributed by atoms with E-state index in [4.69, 9.17) is 0 Å². The molecular formula is C21H22N4O3. The summed E-state index contributed by atoms with van der Waals surface area (Å²) in [4.78, 5) is 37.6. The van der Waals surface area contributed by atoms with Crippen molar-refractivity contribution in [1.29, 1.82) is 0 Å². The predicted molar refractivity (Wildman–Crippen MR) is 102 cm³/mol. The third kappa shape index (κ3) is 2.69. The van der Waals surface area contributed by atoms with E-state index >= 15 is 0 Å². The Kier molecular flexibility index (Phi) is 4.12. The van der Waals surface area contributed by atoms with E-state index in [0.717, 1.165) is 24.1 Å². The molecule has 0 radical (unpaired) electrons. The van der Waals surface area contributed by atoms with Crippen molar-refractivity contribution in [3.63, 3.8) is 0 Å². The van der Waals surface area contributed by atoms with Crippen LogP contribution in [0.2, 0.25) is 0 Å². The molecule has 2 aliphatic heterocycles. The second-order valence-electron chi connectivity index (χ2n) is 7.86. The fourth-order valence-electron chi connectivity index (χ4n) is 4.65. The molecular weight excluding hydrogens is 356 g/mol. The SMILES string of the molecule is O=C(c1cnccn1)N1C[C@H]2[C@@H](c3ccccc31)[C@H](CO)N2C(=O)CC1CC1. The zero-order valence-corrected chi connectivity index (χ0v) is 15.4. The number of para-hydroxylation sites is 1. The van der Waals surface area contributed by atoms with E-state index in [-0.39, 0.29) is 42.1 Å². The maximum Gasteiger partial charge on any atom is 0.278 e. The van der Waals surface area contributed by atoms with Crippen LogP contribution in [0, 0.1) is 5.92 Å². The molecule has 5 rings (SSSR count). The Morgan fingerprint density at radius 2 is 2.00 bits per heavy atom. The summed E-state index contributed by atoms with van der Waals surface area (Å²) in [6.07, 6.45) is 7.26. The number of fused-ring (bicyclic) bond motifs is 3. The van der Waals surface area contributed by atoms with Gasteiger partial charge in [0.25, 0.3) is 5.91 Å². The van der Waals surface area contributed by atoms with Crippen molar-refractivity contribution in [1.82, 2.24) is 14.9 Å². The van der Waals surface area contributed by atoms with Crippen LogP contribution in [0.15, 0.2) is 42.9 Å². The first-order valence-corrected chi connectivity index (χ1v) is 9.78. The van der Waals surface area contributed by atoms with Crippen LogP contribution >= 0.6 is 0 Å². The Labute approximate surface area is 163 Å². The topological polar surface area (TPSA) is 86.6 Å². The van der Waals surface area contributed by atoms with Gasteiger partial charge in [-0.25, -0.2) is 4.98 Å². The van der Waals surface area contributed by atoms with Crippen molar-refractivity contribution in [3.8, 4) is 0 Å². The molecule has 2 fully saturated rings. The third-order valence-corrected chi connectivity index (χ3v) is 6.16. The van der Waals surface area contributed by atoms with Gasteiger partial charge in [-0.2, -0.15) is 0 Å². The van der Waals surface area contributed by atoms with Gasteiger partial charge in [0.05, 0.1) is 24.9 Å². The largest absolute Gasteiger partial charge is 0.394 e. The average Bonchev–Trinajstić information content (AvgIpc) is 3.52. The standard InChI is InChI=1S/C21H22N4O3/c26-12-18-20-14-3-1-2-4-16(14)24(21(28)15-10-22-7-8-23-15)11-17(20)25(18)19(27)9-13-5-6-13/h1-4,7-8,10,13,17-18,20,26H,5-6,9,11-12H2/t17-,18-,20+/m0/s1. The Bertz CT molecular complexity index is 915. The molecule has 1 saturated heterocycles. The number of aromatic nitrogens is 2. The summed E-state index contributed by atoms with van der Waals surface area (Å²) in [6.45, 7) is 0.341. The lowest BCUT2D eigenvalue weighted by Gasteiger charge is -2.59. The number of aliphatic hydroxyl groups is 1. The number of rotatable bonds is 4. The van der Waals surface area contributed by atoms with Crippen molar-refractivity contribution in [3.05, 3.63) is 54.1 Å². The predicted octanol–water partition coefficient (Wildman–Crippen LogP) is 1.59. The summed E-state index contributed by atoms with van der Waals surface area (Å²) in [7, 11) is 0. The molecule has 1 aromatic carbocycles. The van der Waals surface area contributed by atoms with Gasteiger partial charge < -0.3 is 14.9 Å². The lowest BCUT2D eigenvalue weighted by molar-refractivity contribution is -0.150. The van der Waals surface area contributed by atoms with Gasteiger partial charge in [0, 0.05) is 37.0 Å². The zero-order valence-electron chi connectivity index (χ0n) is 15.4. The first-order chi connectivity index (χ1) is 13.7. The number of amides is 2. The molecule has 3 aliphatic rings. The molecule has 0 spiro atoms. The van der Waals surface area contributed by atoms with Gasteiger partial charge >= 0.3 is 0 Å². The molecule has 7 heteroatoms. The molecule has 1 aliphatic carbocycles. The molecule has 0 bridgehead atoms. The Balaban J connectivity index is 1.49. The number of likely N-dealkylation sites (tertiary alicyclic amines) is 1. The highest BCUT2D eigenvalue weighted by molar-refractivity contribution is 6.05. The quantitative estimate of drug-likeness (QED) is 0.873. The highest BCUT2D eigenvalue weighted by Gasteiger charge is 2.55. The van der Waals surface area contributed by atoms with E-state index in [2.05, 4.69) is 9.97 Å². The van der Waals surface area contributed by atoms with Crippen molar-refractivity contribution in [2.45, 2.75) is 37.3 Å². The van der Waals surface area contributed by atoms with Gasteiger partial charge in [-0.05, 0) is 30.4 Å².